The molecule has 0 unspecified atom stereocenters. The van der Waals surface area contributed by atoms with Gasteiger partial charge in [-0.25, -0.2) is 4.39 Å². The highest BCUT2D eigenvalue weighted by Crippen LogP contribution is 2.18. The zero-order valence-electron chi connectivity index (χ0n) is 8.88. The predicted octanol–water partition coefficient (Wildman–Crippen LogP) is 1.58. The van der Waals surface area contributed by atoms with Crippen molar-refractivity contribution in [1.82, 2.24) is 5.32 Å². The third-order valence-electron chi connectivity index (χ3n) is 2.02. The topological polar surface area (TPSA) is 41.5 Å². The molecule has 0 saturated heterocycles. The van der Waals surface area contributed by atoms with Crippen LogP contribution in [-0.2, 0) is 11.3 Å². The van der Waals surface area contributed by atoms with Crippen molar-refractivity contribution in [3.8, 4) is 0 Å². The van der Waals surface area contributed by atoms with Crippen molar-refractivity contribution in [2.45, 2.75) is 6.54 Å². The van der Waals surface area contributed by atoms with E-state index >= 15 is 0 Å². The maximum atomic E-state index is 13.3. The molecule has 5 heteroatoms. The molecule has 0 aliphatic carbocycles. The molecule has 0 heterocycles. The minimum atomic E-state index is -0.309. The van der Waals surface area contributed by atoms with Gasteiger partial charge in [-0.1, -0.05) is 17.7 Å². The Morgan fingerprint density at radius 3 is 2.88 bits per heavy atom. The van der Waals surface area contributed by atoms with Gasteiger partial charge in [0.15, 0.2) is 0 Å². The van der Waals surface area contributed by atoms with Gasteiger partial charge in [0.05, 0.1) is 19.8 Å². The molecular weight excluding hydrogens is 233 g/mol. The van der Waals surface area contributed by atoms with Crippen LogP contribution in [0.5, 0.6) is 0 Å². The van der Waals surface area contributed by atoms with Gasteiger partial charge in [-0.3, -0.25) is 0 Å². The Kier molecular flexibility index (Phi) is 6.33. The summed E-state index contributed by atoms with van der Waals surface area (Å²) in [4.78, 5) is 0. The Hall–Kier alpha value is -0.680. The lowest BCUT2D eigenvalue weighted by Crippen LogP contribution is -2.20. The van der Waals surface area contributed by atoms with Crippen molar-refractivity contribution in [3.63, 3.8) is 0 Å². The lowest BCUT2D eigenvalue weighted by atomic mass is 10.2. The summed E-state index contributed by atoms with van der Waals surface area (Å²) in [5.74, 6) is -0.309. The number of hydrogen-bond donors (Lipinski definition) is 2. The Morgan fingerprint density at radius 1 is 1.38 bits per heavy atom. The second-order valence-corrected chi connectivity index (χ2v) is 3.62. The highest BCUT2D eigenvalue weighted by molar-refractivity contribution is 6.31. The van der Waals surface area contributed by atoms with Crippen molar-refractivity contribution in [2.75, 3.05) is 26.4 Å². The van der Waals surface area contributed by atoms with E-state index in [4.69, 9.17) is 21.4 Å². The number of aliphatic hydroxyl groups is 1. The van der Waals surface area contributed by atoms with E-state index in [0.717, 1.165) is 0 Å². The SMILES string of the molecule is OCCOCCNCc1c(F)cccc1Cl. The minimum Gasteiger partial charge on any atom is -0.394 e. The molecule has 0 aromatic heterocycles. The summed E-state index contributed by atoms with van der Waals surface area (Å²) in [6.45, 7) is 1.77. The lowest BCUT2D eigenvalue weighted by Gasteiger charge is -2.07. The fourth-order valence-corrected chi connectivity index (χ4v) is 1.46. The molecule has 0 atom stereocenters. The third-order valence-corrected chi connectivity index (χ3v) is 2.38. The van der Waals surface area contributed by atoms with Crippen LogP contribution in [0.1, 0.15) is 5.56 Å². The van der Waals surface area contributed by atoms with Gasteiger partial charge in [0.25, 0.3) is 0 Å². The Balaban J connectivity index is 2.26. The smallest absolute Gasteiger partial charge is 0.129 e. The molecule has 0 amide bonds. The second-order valence-electron chi connectivity index (χ2n) is 3.21. The molecule has 16 heavy (non-hydrogen) atoms. The van der Waals surface area contributed by atoms with Crippen molar-refractivity contribution in [1.29, 1.82) is 0 Å². The summed E-state index contributed by atoms with van der Waals surface area (Å²) in [5, 5.41) is 11.9. The molecule has 0 saturated carbocycles. The van der Waals surface area contributed by atoms with Crippen LogP contribution in [-0.4, -0.2) is 31.5 Å². The van der Waals surface area contributed by atoms with E-state index in [1.54, 1.807) is 12.1 Å². The van der Waals surface area contributed by atoms with Gasteiger partial charge in [-0.15, -0.1) is 0 Å². The zero-order valence-corrected chi connectivity index (χ0v) is 9.63. The maximum Gasteiger partial charge on any atom is 0.129 e. The molecular formula is C11H15ClFNO2. The normalized spacial score (nSPS) is 10.7. The lowest BCUT2D eigenvalue weighted by molar-refractivity contribution is 0.0937. The van der Waals surface area contributed by atoms with E-state index in [0.29, 0.717) is 36.9 Å². The monoisotopic (exact) mass is 247 g/mol. The summed E-state index contributed by atoms with van der Waals surface area (Å²) in [6.07, 6.45) is 0. The number of halogens is 2. The van der Waals surface area contributed by atoms with Crippen LogP contribution < -0.4 is 5.32 Å². The summed E-state index contributed by atoms with van der Waals surface area (Å²) >= 11 is 5.85. The number of benzene rings is 1. The average Bonchev–Trinajstić information content (AvgIpc) is 2.26. The number of ether oxygens (including phenoxy) is 1. The van der Waals surface area contributed by atoms with E-state index < -0.39 is 0 Å². The fraction of sp³-hybridized carbons (Fsp3) is 0.455. The van der Waals surface area contributed by atoms with Crippen molar-refractivity contribution >= 4 is 11.6 Å². The molecule has 0 aliphatic heterocycles. The maximum absolute atomic E-state index is 13.3. The van der Waals surface area contributed by atoms with Gasteiger partial charge in [-0.2, -0.15) is 0 Å². The molecule has 2 N–H and O–H groups in total. The van der Waals surface area contributed by atoms with Crippen LogP contribution in [0, 0.1) is 5.82 Å². The molecule has 3 nitrogen and oxygen atoms in total. The van der Waals surface area contributed by atoms with Crippen molar-refractivity contribution in [2.24, 2.45) is 0 Å². The van der Waals surface area contributed by atoms with Crippen LogP contribution in [0.2, 0.25) is 5.02 Å². The Morgan fingerprint density at radius 2 is 2.19 bits per heavy atom. The van der Waals surface area contributed by atoms with Gasteiger partial charge in [0.1, 0.15) is 5.82 Å². The van der Waals surface area contributed by atoms with Crippen LogP contribution in [0.25, 0.3) is 0 Å². The van der Waals surface area contributed by atoms with E-state index in [9.17, 15) is 4.39 Å². The summed E-state index contributed by atoms with van der Waals surface area (Å²) in [6, 6.07) is 4.61. The van der Waals surface area contributed by atoms with E-state index in [2.05, 4.69) is 5.32 Å². The summed E-state index contributed by atoms with van der Waals surface area (Å²) in [7, 11) is 0. The third kappa shape index (κ3) is 4.45. The minimum absolute atomic E-state index is 0.0130. The van der Waals surface area contributed by atoms with E-state index in [1.807, 2.05) is 0 Å². The molecule has 0 bridgehead atoms. The largest absolute Gasteiger partial charge is 0.394 e. The molecule has 0 radical (unpaired) electrons. The first-order chi connectivity index (χ1) is 7.75. The molecule has 1 rings (SSSR count). The van der Waals surface area contributed by atoms with Gasteiger partial charge >= 0.3 is 0 Å². The first kappa shape index (κ1) is 13.4. The fourth-order valence-electron chi connectivity index (χ4n) is 1.23. The van der Waals surface area contributed by atoms with Gasteiger partial charge in [0, 0.05) is 23.7 Å². The van der Waals surface area contributed by atoms with Crippen LogP contribution in [0.15, 0.2) is 18.2 Å². The van der Waals surface area contributed by atoms with Crippen LogP contribution in [0.4, 0.5) is 4.39 Å². The number of rotatable bonds is 7. The first-order valence-electron chi connectivity index (χ1n) is 5.08. The van der Waals surface area contributed by atoms with Gasteiger partial charge in [-0.05, 0) is 12.1 Å². The Bertz CT molecular complexity index is 303. The second kappa shape index (κ2) is 7.57. The first-order valence-corrected chi connectivity index (χ1v) is 5.45. The van der Waals surface area contributed by atoms with Crippen molar-refractivity contribution < 1.29 is 14.2 Å². The summed E-state index contributed by atoms with van der Waals surface area (Å²) in [5.41, 5.74) is 0.464. The van der Waals surface area contributed by atoms with Crippen molar-refractivity contribution in [3.05, 3.63) is 34.6 Å². The van der Waals surface area contributed by atoms with Gasteiger partial charge < -0.3 is 15.2 Å². The van der Waals surface area contributed by atoms with E-state index in [-0.39, 0.29) is 12.4 Å². The van der Waals surface area contributed by atoms with Crippen LogP contribution >= 0.6 is 11.6 Å². The number of aliphatic hydroxyl groups excluding tert-OH is 1. The number of hydrogen-bond acceptors (Lipinski definition) is 3. The molecule has 1 aromatic rings. The molecule has 0 spiro atoms. The average molecular weight is 248 g/mol. The molecule has 0 aliphatic rings. The van der Waals surface area contributed by atoms with Crippen LogP contribution in [0.3, 0.4) is 0 Å². The zero-order chi connectivity index (χ0) is 11.8. The number of nitrogens with one attached hydrogen (secondary N) is 1. The quantitative estimate of drug-likeness (QED) is 0.719. The predicted molar refractivity (Wildman–Crippen MR) is 61.0 cm³/mol. The summed E-state index contributed by atoms with van der Waals surface area (Å²) < 4.78 is 18.3. The molecule has 1 aromatic carbocycles. The van der Waals surface area contributed by atoms with Gasteiger partial charge in [0.2, 0.25) is 0 Å². The Labute approximate surface area is 99.2 Å². The molecule has 90 valence electrons. The highest BCUT2D eigenvalue weighted by atomic mass is 35.5. The highest BCUT2D eigenvalue weighted by Gasteiger charge is 2.05. The molecule has 0 fully saturated rings. The standard InChI is InChI=1S/C11H15ClFNO2/c12-10-2-1-3-11(13)9(10)8-14-4-6-16-7-5-15/h1-3,14-15H,4-8H2. The van der Waals surface area contributed by atoms with E-state index in [1.165, 1.54) is 6.07 Å².